The molecule has 198 valence electrons. The molecule has 2 aromatic rings. The van der Waals surface area contributed by atoms with Crippen LogP contribution in [0.15, 0.2) is 30.7 Å². The number of aromatic nitrogens is 2. The van der Waals surface area contributed by atoms with Gasteiger partial charge in [-0.15, -0.1) is 0 Å². The predicted molar refractivity (Wildman–Crippen MR) is 133 cm³/mol. The Labute approximate surface area is 215 Å². The van der Waals surface area contributed by atoms with Gasteiger partial charge >= 0.3 is 12.1 Å². The number of carbonyl (C=O) groups is 2. The van der Waals surface area contributed by atoms with Gasteiger partial charge in [0.1, 0.15) is 23.5 Å². The summed E-state index contributed by atoms with van der Waals surface area (Å²) in [7, 11) is 1.36. The van der Waals surface area contributed by atoms with Crippen molar-refractivity contribution in [3.8, 4) is 11.5 Å². The zero-order valence-corrected chi connectivity index (χ0v) is 21.7. The average Bonchev–Trinajstić information content (AvgIpc) is 3.37. The van der Waals surface area contributed by atoms with E-state index in [9.17, 15) is 14.0 Å². The molecular weight excluding hydrogens is 479 g/mol. The Morgan fingerprint density at radius 1 is 1.14 bits per heavy atom. The van der Waals surface area contributed by atoms with Crippen LogP contribution in [0.5, 0.6) is 11.5 Å². The number of amides is 1. The fourth-order valence-corrected chi connectivity index (χ4v) is 5.46. The Morgan fingerprint density at radius 2 is 1.92 bits per heavy atom. The van der Waals surface area contributed by atoms with Gasteiger partial charge in [-0.2, -0.15) is 0 Å². The average molecular weight is 513 g/mol. The summed E-state index contributed by atoms with van der Waals surface area (Å²) < 4.78 is 30.8. The van der Waals surface area contributed by atoms with E-state index in [1.54, 1.807) is 17.2 Å². The first kappa shape index (κ1) is 25.2. The molecule has 1 spiro atoms. The molecule has 5 rings (SSSR count). The molecule has 3 atom stereocenters. The number of rotatable bonds is 5. The number of benzene rings is 1. The van der Waals surface area contributed by atoms with Gasteiger partial charge in [0.25, 0.3) is 0 Å². The Morgan fingerprint density at radius 3 is 2.68 bits per heavy atom. The van der Waals surface area contributed by atoms with Gasteiger partial charge in [-0.3, -0.25) is 4.79 Å². The number of nitrogens with zero attached hydrogens (tertiary/aromatic N) is 4. The first-order valence-corrected chi connectivity index (χ1v) is 12.7. The van der Waals surface area contributed by atoms with Gasteiger partial charge < -0.3 is 24.0 Å². The van der Waals surface area contributed by atoms with Crippen molar-refractivity contribution in [2.45, 2.75) is 51.6 Å². The molecule has 0 radical (unpaired) electrons. The maximum atomic E-state index is 14.1. The molecule has 1 aromatic carbocycles. The van der Waals surface area contributed by atoms with Crippen LogP contribution in [0.25, 0.3) is 0 Å². The van der Waals surface area contributed by atoms with Gasteiger partial charge in [-0.25, -0.2) is 19.2 Å². The molecule has 9 nitrogen and oxygen atoms in total. The van der Waals surface area contributed by atoms with Crippen LogP contribution in [-0.2, 0) is 14.3 Å². The highest BCUT2D eigenvalue weighted by Gasteiger charge is 2.48. The number of halogens is 1. The quantitative estimate of drug-likeness (QED) is 0.540. The molecule has 0 bridgehead atoms. The lowest BCUT2D eigenvalue weighted by atomic mass is 9.86. The molecule has 1 aliphatic carbocycles. The molecule has 1 amide bonds. The van der Waals surface area contributed by atoms with Crippen molar-refractivity contribution in [2.75, 3.05) is 38.2 Å². The third kappa shape index (κ3) is 5.33. The maximum Gasteiger partial charge on any atom is 0.410 e. The number of ether oxygens (including phenoxy) is 3. The lowest BCUT2D eigenvalue weighted by Crippen LogP contribution is -2.37. The van der Waals surface area contributed by atoms with E-state index in [2.05, 4.69) is 14.9 Å². The minimum atomic E-state index is -0.529. The van der Waals surface area contributed by atoms with Crippen LogP contribution in [0.1, 0.15) is 51.5 Å². The highest BCUT2D eigenvalue weighted by molar-refractivity contribution is 5.77. The number of hydrogen-bond donors (Lipinski definition) is 0. The van der Waals surface area contributed by atoms with Crippen molar-refractivity contribution in [1.82, 2.24) is 14.9 Å². The van der Waals surface area contributed by atoms with Crippen LogP contribution in [0.4, 0.5) is 15.0 Å². The predicted octanol–water partition coefficient (Wildman–Crippen LogP) is 4.52. The molecule has 3 heterocycles. The van der Waals surface area contributed by atoms with Gasteiger partial charge in [-0.05, 0) is 58.2 Å². The van der Waals surface area contributed by atoms with Gasteiger partial charge in [0.2, 0.25) is 0 Å². The van der Waals surface area contributed by atoms with Crippen molar-refractivity contribution in [3.63, 3.8) is 0 Å². The normalized spacial score (nSPS) is 24.9. The molecule has 3 aliphatic rings. The summed E-state index contributed by atoms with van der Waals surface area (Å²) in [6.45, 7) is 8.40. The smallest absolute Gasteiger partial charge is 0.410 e. The molecule has 3 unspecified atom stereocenters. The van der Waals surface area contributed by atoms with Gasteiger partial charge in [0.15, 0.2) is 11.6 Å². The number of carbonyl (C=O) groups excluding carboxylic acids is 2. The lowest BCUT2D eigenvalue weighted by Gasteiger charge is -2.27. The second-order valence-electron chi connectivity index (χ2n) is 11.3. The third-order valence-corrected chi connectivity index (χ3v) is 7.37. The van der Waals surface area contributed by atoms with Crippen molar-refractivity contribution in [1.29, 1.82) is 0 Å². The van der Waals surface area contributed by atoms with E-state index in [0.29, 0.717) is 42.4 Å². The maximum absolute atomic E-state index is 14.1. The zero-order chi connectivity index (χ0) is 26.4. The minimum absolute atomic E-state index is 0.0398. The largest absolute Gasteiger partial charge is 0.469 e. The molecule has 1 saturated carbocycles. The van der Waals surface area contributed by atoms with Crippen molar-refractivity contribution in [2.24, 2.45) is 11.3 Å². The molecule has 1 aromatic heterocycles. The van der Waals surface area contributed by atoms with Crippen LogP contribution in [0.3, 0.4) is 0 Å². The molecule has 2 saturated heterocycles. The highest BCUT2D eigenvalue weighted by Crippen LogP contribution is 2.52. The number of anilines is 1. The Hall–Kier alpha value is -3.43. The fraction of sp³-hybridized carbons (Fsp3) is 0.556. The minimum Gasteiger partial charge on any atom is -0.469 e. The van der Waals surface area contributed by atoms with E-state index in [1.807, 2.05) is 20.8 Å². The Bertz CT molecular complexity index is 1200. The van der Waals surface area contributed by atoms with E-state index in [1.165, 1.54) is 25.6 Å². The third-order valence-electron chi connectivity index (χ3n) is 7.37. The second kappa shape index (κ2) is 9.46. The van der Waals surface area contributed by atoms with Gasteiger partial charge in [0.05, 0.1) is 19.2 Å². The van der Waals surface area contributed by atoms with Crippen LogP contribution >= 0.6 is 0 Å². The molecule has 2 aliphatic heterocycles. The first-order valence-electron chi connectivity index (χ1n) is 12.7. The standard InChI is InChI=1S/C27H33FN4O5/c1-26(2,3)37-25(34)32-10-8-27(15-32)7-9-31(14-27)23-22(13-29-16-30-23)36-21-6-5-17(28)11-19(21)18-12-20(18)24(33)35-4/h5-6,11,13,16,18,20H,7-10,12,14-15H2,1-4H3. The first-order chi connectivity index (χ1) is 17.6. The molecule has 10 heteroatoms. The number of hydrogen-bond acceptors (Lipinski definition) is 8. The molecular formula is C27H33FN4O5. The van der Waals surface area contributed by atoms with E-state index in [4.69, 9.17) is 14.2 Å². The number of likely N-dealkylation sites (tertiary alicyclic amines) is 1. The van der Waals surface area contributed by atoms with Crippen LogP contribution in [-0.4, -0.2) is 65.8 Å². The summed E-state index contributed by atoms with van der Waals surface area (Å²) in [5.41, 5.74) is 0.0621. The van der Waals surface area contributed by atoms with Gasteiger partial charge in [0, 0.05) is 43.1 Å². The summed E-state index contributed by atoms with van der Waals surface area (Å²) in [5, 5.41) is 0. The summed E-state index contributed by atoms with van der Waals surface area (Å²) in [6, 6.07) is 4.34. The van der Waals surface area contributed by atoms with E-state index in [-0.39, 0.29) is 35.1 Å². The van der Waals surface area contributed by atoms with Crippen LogP contribution in [0.2, 0.25) is 0 Å². The second-order valence-corrected chi connectivity index (χ2v) is 11.3. The zero-order valence-electron chi connectivity index (χ0n) is 21.7. The van der Waals surface area contributed by atoms with E-state index >= 15 is 0 Å². The summed E-state index contributed by atoms with van der Waals surface area (Å²) in [6.07, 6.45) is 5.21. The monoisotopic (exact) mass is 512 g/mol. The van der Waals surface area contributed by atoms with E-state index < -0.39 is 5.60 Å². The molecule has 0 N–H and O–H groups in total. The SMILES string of the molecule is COC(=O)C1CC1c1cc(F)ccc1Oc1cncnc1N1CCC2(CCN(C(=O)OC(C)(C)C)C2)C1. The van der Waals surface area contributed by atoms with Crippen molar-refractivity contribution < 1.29 is 28.2 Å². The number of methoxy groups -OCH3 is 1. The van der Waals surface area contributed by atoms with Crippen molar-refractivity contribution >= 4 is 17.9 Å². The highest BCUT2D eigenvalue weighted by atomic mass is 19.1. The summed E-state index contributed by atoms with van der Waals surface area (Å²) in [5.74, 6) is 0.443. The Balaban J connectivity index is 1.32. The molecule has 3 fully saturated rings. The lowest BCUT2D eigenvalue weighted by molar-refractivity contribution is -0.142. The van der Waals surface area contributed by atoms with Gasteiger partial charge in [-0.1, -0.05) is 0 Å². The topological polar surface area (TPSA) is 94.1 Å². The Kier molecular flexibility index (Phi) is 6.45. The summed E-state index contributed by atoms with van der Waals surface area (Å²) in [4.78, 5) is 37.2. The van der Waals surface area contributed by atoms with E-state index in [0.717, 1.165) is 25.9 Å². The van der Waals surface area contributed by atoms with Crippen LogP contribution in [0, 0.1) is 17.2 Å². The fourth-order valence-electron chi connectivity index (χ4n) is 5.46. The molecule has 37 heavy (non-hydrogen) atoms. The number of esters is 1. The summed E-state index contributed by atoms with van der Waals surface area (Å²) >= 11 is 0. The van der Waals surface area contributed by atoms with Crippen molar-refractivity contribution in [3.05, 3.63) is 42.1 Å². The van der Waals surface area contributed by atoms with Crippen LogP contribution < -0.4 is 9.64 Å².